The molecule has 1 aromatic heterocycles. The summed E-state index contributed by atoms with van der Waals surface area (Å²) in [5.41, 5.74) is 2.45. The highest BCUT2D eigenvalue weighted by Crippen LogP contribution is 2.26. The molecule has 0 saturated carbocycles. The lowest BCUT2D eigenvalue weighted by Gasteiger charge is -2.17. The van der Waals surface area contributed by atoms with Gasteiger partial charge < -0.3 is 14.6 Å². The first-order valence-electron chi connectivity index (χ1n) is 6.57. The fourth-order valence-corrected chi connectivity index (χ4v) is 1.97. The molecule has 0 aliphatic carbocycles. The van der Waals surface area contributed by atoms with E-state index in [0.29, 0.717) is 6.61 Å². The summed E-state index contributed by atoms with van der Waals surface area (Å²) < 4.78 is 7.91. The lowest BCUT2D eigenvalue weighted by atomic mass is 10.0. The molecule has 1 atom stereocenters. The molecule has 19 heavy (non-hydrogen) atoms. The van der Waals surface area contributed by atoms with Gasteiger partial charge in [0.05, 0.1) is 12.9 Å². The van der Waals surface area contributed by atoms with E-state index < -0.39 is 0 Å². The molecule has 4 nitrogen and oxygen atoms in total. The fourth-order valence-electron chi connectivity index (χ4n) is 1.97. The molecule has 0 amide bonds. The number of nitrogens with one attached hydrogen (secondary N) is 1. The molecule has 0 bridgehead atoms. The van der Waals surface area contributed by atoms with Crippen molar-refractivity contribution in [2.24, 2.45) is 0 Å². The van der Waals surface area contributed by atoms with Gasteiger partial charge in [-0.15, -0.1) is 0 Å². The maximum atomic E-state index is 5.90. The summed E-state index contributed by atoms with van der Waals surface area (Å²) >= 11 is 0. The third-order valence-corrected chi connectivity index (χ3v) is 3.23. The highest BCUT2D eigenvalue weighted by atomic mass is 16.5. The summed E-state index contributed by atoms with van der Waals surface area (Å²) in [5.74, 6) is 0.951. The third kappa shape index (κ3) is 3.58. The van der Waals surface area contributed by atoms with Crippen molar-refractivity contribution in [2.45, 2.75) is 26.4 Å². The van der Waals surface area contributed by atoms with E-state index in [9.17, 15) is 0 Å². The van der Waals surface area contributed by atoms with Gasteiger partial charge in [-0.05, 0) is 27.0 Å². The first-order valence-corrected chi connectivity index (χ1v) is 6.57. The highest BCUT2D eigenvalue weighted by molar-refractivity contribution is 5.38. The molecule has 0 fully saturated rings. The Balaban J connectivity index is 2.02. The number of imidazole rings is 1. The maximum Gasteiger partial charge on any atom is 0.124 e. The molecule has 1 unspecified atom stereocenters. The molecule has 0 radical (unpaired) electrons. The van der Waals surface area contributed by atoms with Crippen LogP contribution in [-0.2, 0) is 6.54 Å². The van der Waals surface area contributed by atoms with Gasteiger partial charge in [-0.2, -0.15) is 0 Å². The molecular weight excluding hydrogens is 238 g/mol. The summed E-state index contributed by atoms with van der Waals surface area (Å²) in [6, 6.07) is 6.58. The Bertz CT molecular complexity index is 508. The van der Waals surface area contributed by atoms with Gasteiger partial charge in [-0.1, -0.05) is 17.7 Å². The minimum absolute atomic E-state index is 0.281. The van der Waals surface area contributed by atoms with Crippen molar-refractivity contribution in [3.8, 4) is 5.75 Å². The van der Waals surface area contributed by atoms with E-state index in [0.717, 1.165) is 12.3 Å². The van der Waals surface area contributed by atoms with Crippen LogP contribution in [-0.4, -0.2) is 23.2 Å². The van der Waals surface area contributed by atoms with Crippen molar-refractivity contribution in [2.75, 3.05) is 13.7 Å². The normalized spacial score (nSPS) is 12.4. The Morgan fingerprint density at radius 2 is 2.26 bits per heavy atom. The van der Waals surface area contributed by atoms with Gasteiger partial charge in [-0.25, -0.2) is 4.98 Å². The largest absolute Gasteiger partial charge is 0.491 e. The Morgan fingerprint density at radius 3 is 2.95 bits per heavy atom. The minimum atomic E-state index is 0.281. The van der Waals surface area contributed by atoms with E-state index in [-0.39, 0.29) is 6.04 Å². The molecule has 4 heteroatoms. The number of rotatable bonds is 6. The van der Waals surface area contributed by atoms with Crippen LogP contribution in [0.25, 0.3) is 0 Å². The second-order valence-electron chi connectivity index (χ2n) is 4.70. The number of nitrogens with zero attached hydrogens (tertiary/aromatic N) is 2. The first-order chi connectivity index (χ1) is 9.20. The van der Waals surface area contributed by atoms with Crippen LogP contribution < -0.4 is 10.1 Å². The smallest absolute Gasteiger partial charge is 0.124 e. The SMILES string of the molecule is CNC(C)c1cc(C)ccc1OCCn1ccnc1. The number of hydrogen-bond acceptors (Lipinski definition) is 3. The zero-order chi connectivity index (χ0) is 13.7. The molecule has 1 heterocycles. The average Bonchev–Trinajstić information content (AvgIpc) is 2.92. The Labute approximate surface area is 114 Å². The number of ether oxygens (including phenoxy) is 1. The van der Waals surface area contributed by atoms with Crippen molar-refractivity contribution in [3.05, 3.63) is 48.0 Å². The molecular formula is C15H21N3O. The van der Waals surface area contributed by atoms with Crippen molar-refractivity contribution in [3.63, 3.8) is 0 Å². The summed E-state index contributed by atoms with van der Waals surface area (Å²) in [5, 5.41) is 3.26. The van der Waals surface area contributed by atoms with Gasteiger partial charge in [0, 0.05) is 24.0 Å². The quantitative estimate of drug-likeness (QED) is 0.866. The first kappa shape index (κ1) is 13.6. The van der Waals surface area contributed by atoms with Crippen LogP contribution in [0.4, 0.5) is 0 Å². The van der Waals surface area contributed by atoms with Crippen molar-refractivity contribution >= 4 is 0 Å². The van der Waals surface area contributed by atoms with Crippen LogP contribution in [0.2, 0.25) is 0 Å². The molecule has 102 valence electrons. The van der Waals surface area contributed by atoms with Gasteiger partial charge in [-0.3, -0.25) is 0 Å². The standard InChI is InChI=1S/C15H21N3O/c1-12-4-5-15(14(10-12)13(2)16-3)19-9-8-18-7-6-17-11-18/h4-7,10-11,13,16H,8-9H2,1-3H3. The number of benzene rings is 1. The van der Waals surface area contributed by atoms with Crippen LogP contribution in [0, 0.1) is 6.92 Å². The van der Waals surface area contributed by atoms with Gasteiger partial charge in [0.1, 0.15) is 12.4 Å². The minimum Gasteiger partial charge on any atom is -0.491 e. The number of hydrogen-bond donors (Lipinski definition) is 1. The van der Waals surface area contributed by atoms with Gasteiger partial charge >= 0.3 is 0 Å². The topological polar surface area (TPSA) is 39.1 Å². The van der Waals surface area contributed by atoms with Gasteiger partial charge in [0.25, 0.3) is 0 Å². The lowest BCUT2D eigenvalue weighted by Crippen LogP contribution is -2.15. The molecule has 0 aliphatic rings. The van der Waals surface area contributed by atoms with Crippen LogP contribution in [0.1, 0.15) is 24.1 Å². The molecule has 1 N–H and O–H groups in total. The molecule has 1 aromatic carbocycles. The van der Waals surface area contributed by atoms with E-state index in [1.807, 2.05) is 23.9 Å². The lowest BCUT2D eigenvalue weighted by molar-refractivity contribution is 0.293. The molecule has 2 rings (SSSR count). The summed E-state index contributed by atoms with van der Waals surface area (Å²) in [4.78, 5) is 4.02. The Hall–Kier alpha value is -1.81. The van der Waals surface area contributed by atoms with E-state index in [1.165, 1.54) is 11.1 Å². The second kappa shape index (κ2) is 6.38. The number of aryl methyl sites for hydroxylation is 1. The zero-order valence-corrected chi connectivity index (χ0v) is 11.8. The molecule has 0 spiro atoms. The van der Waals surface area contributed by atoms with Crippen LogP contribution in [0.15, 0.2) is 36.9 Å². The highest BCUT2D eigenvalue weighted by Gasteiger charge is 2.10. The average molecular weight is 259 g/mol. The maximum absolute atomic E-state index is 5.90. The summed E-state index contributed by atoms with van der Waals surface area (Å²) in [6.07, 6.45) is 5.52. The van der Waals surface area contributed by atoms with Gasteiger partial charge in [0.2, 0.25) is 0 Å². The van der Waals surface area contributed by atoms with E-state index in [2.05, 4.69) is 36.3 Å². The summed E-state index contributed by atoms with van der Waals surface area (Å²) in [6.45, 7) is 5.68. The van der Waals surface area contributed by atoms with E-state index in [1.54, 1.807) is 12.5 Å². The van der Waals surface area contributed by atoms with Crippen molar-refractivity contribution in [1.29, 1.82) is 0 Å². The molecule has 0 aliphatic heterocycles. The van der Waals surface area contributed by atoms with E-state index >= 15 is 0 Å². The predicted octanol–water partition coefficient (Wildman–Crippen LogP) is 2.55. The second-order valence-corrected chi connectivity index (χ2v) is 4.70. The molecule has 0 saturated heterocycles. The predicted molar refractivity (Wildman–Crippen MR) is 76.4 cm³/mol. The monoisotopic (exact) mass is 259 g/mol. The van der Waals surface area contributed by atoms with Crippen molar-refractivity contribution in [1.82, 2.24) is 14.9 Å². The molecule has 2 aromatic rings. The van der Waals surface area contributed by atoms with E-state index in [4.69, 9.17) is 4.74 Å². The van der Waals surface area contributed by atoms with Gasteiger partial charge in [0.15, 0.2) is 0 Å². The number of aromatic nitrogens is 2. The van der Waals surface area contributed by atoms with Crippen molar-refractivity contribution < 1.29 is 4.74 Å². The summed E-state index contributed by atoms with van der Waals surface area (Å²) in [7, 11) is 1.96. The third-order valence-electron chi connectivity index (χ3n) is 3.23. The van der Waals surface area contributed by atoms with Crippen LogP contribution in [0.5, 0.6) is 5.75 Å². The Morgan fingerprint density at radius 1 is 1.42 bits per heavy atom. The Kier molecular flexibility index (Phi) is 4.58. The zero-order valence-electron chi connectivity index (χ0n) is 11.8. The fraction of sp³-hybridized carbons (Fsp3) is 0.400. The van der Waals surface area contributed by atoms with Crippen LogP contribution >= 0.6 is 0 Å². The van der Waals surface area contributed by atoms with Crippen LogP contribution in [0.3, 0.4) is 0 Å².